The highest BCUT2D eigenvalue weighted by Gasteiger charge is 2.19. The van der Waals surface area contributed by atoms with Crippen LogP contribution in [0.2, 0.25) is 5.02 Å². The van der Waals surface area contributed by atoms with E-state index in [-0.39, 0.29) is 16.4 Å². The fourth-order valence-electron chi connectivity index (χ4n) is 2.13. The van der Waals surface area contributed by atoms with Crippen molar-refractivity contribution in [2.75, 3.05) is 4.72 Å². The monoisotopic (exact) mass is 377 g/mol. The van der Waals surface area contributed by atoms with E-state index in [1.165, 1.54) is 35.6 Å². The third kappa shape index (κ3) is 3.51. The zero-order valence-corrected chi connectivity index (χ0v) is 14.7. The number of thiophene rings is 1. The number of sulfonamides is 1. The Balaban J connectivity index is 1.96. The Morgan fingerprint density at radius 1 is 0.958 bits per heavy atom. The average molecular weight is 378 g/mol. The van der Waals surface area contributed by atoms with E-state index in [0.29, 0.717) is 15.5 Å². The first-order valence-electron chi connectivity index (χ1n) is 6.93. The minimum Gasteiger partial charge on any atom is -0.288 e. The first kappa shape index (κ1) is 16.7. The maximum atomic E-state index is 12.6. The Hall–Kier alpha value is -2.15. The van der Waals surface area contributed by atoms with Gasteiger partial charge in [-0.05, 0) is 47.8 Å². The number of halogens is 1. The van der Waals surface area contributed by atoms with Gasteiger partial charge in [0, 0.05) is 10.6 Å². The molecule has 0 saturated heterocycles. The summed E-state index contributed by atoms with van der Waals surface area (Å²) in [6, 6.07) is 15.8. The number of anilines is 1. The molecule has 0 aliphatic rings. The topological polar surface area (TPSA) is 63.2 Å². The quantitative estimate of drug-likeness (QED) is 0.669. The molecule has 0 fully saturated rings. The van der Waals surface area contributed by atoms with Crippen LogP contribution in [0.15, 0.2) is 70.9 Å². The summed E-state index contributed by atoms with van der Waals surface area (Å²) >= 11 is 7.10. The highest BCUT2D eigenvalue weighted by Crippen LogP contribution is 2.24. The molecule has 3 aromatic rings. The highest BCUT2D eigenvalue weighted by molar-refractivity contribution is 7.92. The second-order valence-corrected chi connectivity index (χ2v) is 7.98. The van der Waals surface area contributed by atoms with Crippen molar-refractivity contribution in [1.82, 2.24) is 0 Å². The number of benzene rings is 2. The van der Waals surface area contributed by atoms with Gasteiger partial charge in [-0.3, -0.25) is 9.52 Å². The Morgan fingerprint density at radius 2 is 1.67 bits per heavy atom. The van der Waals surface area contributed by atoms with Crippen molar-refractivity contribution in [2.45, 2.75) is 4.90 Å². The number of para-hydroxylation sites is 1. The molecule has 0 saturated carbocycles. The summed E-state index contributed by atoms with van der Waals surface area (Å²) in [4.78, 5) is 13.2. The van der Waals surface area contributed by atoms with Crippen LogP contribution in [0.4, 0.5) is 5.69 Å². The van der Waals surface area contributed by atoms with E-state index in [1.807, 2.05) is 0 Å². The van der Waals surface area contributed by atoms with Gasteiger partial charge in [-0.2, -0.15) is 0 Å². The largest absolute Gasteiger partial charge is 0.288 e. The molecule has 4 nitrogen and oxygen atoms in total. The molecule has 1 heterocycles. The summed E-state index contributed by atoms with van der Waals surface area (Å²) in [5.41, 5.74) is 0.545. The Kier molecular flexibility index (Phi) is 4.71. The smallest absolute Gasteiger partial charge is 0.261 e. The molecule has 3 rings (SSSR count). The maximum Gasteiger partial charge on any atom is 0.261 e. The molecule has 0 spiro atoms. The van der Waals surface area contributed by atoms with Gasteiger partial charge in [0.25, 0.3) is 10.0 Å². The number of hydrogen-bond acceptors (Lipinski definition) is 4. The van der Waals surface area contributed by atoms with Crippen molar-refractivity contribution in [1.29, 1.82) is 0 Å². The van der Waals surface area contributed by atoms with E-state index in [0.717, 1.165) is 0 Å². The molecule has 0 amide bonds. The van der Waals surface area contributed by atoms with Crippen LogP contribution in [0, 0.1) is 0 Å². The zero-order valence-electron chi connectivity index (χ0n) is 12.3. The van der Waals surface area contributed by atoms with Crippen LogP contribution in [0.3, 0.4) is 0 Å². The molecule has 0 radical (unpaired) electrons. The predicted molar refractivity (Wildman–Crippen MR) is 96.5 cm³/mol. The van der Waals surface area contributed by atoms with Gasteiger partial charge in [0.1, 0.15) is 0 Å². The lowest BCUT2D eigenvalue weighted by Crippen LogP contribution is -2.15. The zero-order chi connectivity index (χ0) is 17.2. The molecule has 2 aromatic carbocycles. The Labute approximate surface area is 148 Å². The third-order valence-electron chi connectivity index (χ3n) is 3.28. The maximum absolute atomic E-state index is 12.6. The van der Waals surface area contributed by atoms with E-state index in [2.05, 4.69) is 4.72 Å². The lowest BCUT2D eigenvalue weighted by atomic mass is 10.1. The van der Waals surface area contributed by atoms with Crippen molar-refractivity contribution >= 4 is 44.4 Å². The SMILES string of the molecule is O=C(c1cccs1)c1ccccc1NS(=O)(=O)c1ccc(Cl)cc1. The molecular weight excluding hydrogens is 366 g/mol. The van der Waals surface area contributed by atoms with Crippen LogP contribution in [0.25, 0.3) is 0 Å². The van der Waals surface area contributed by atoms with Gasteiger partial charge in [0.15, 0.2) is 0 Å². The second-order valence-electron chi connectivity index (χ2n) is 4.91. The Bertz CT molecular complexity index is 965. The lowest BCUT2D eigenvalue weighted by Gasteiger charge is -2.11. The van der Waals surface area contributed by atoms with Crippen LogP contribution in [0.1, 0.15) is 15.2 Å². The summed E-state index contributed by atoms with van der Waals surface area (Å²) in [5.74, 6) is -0.223. The van der Waals surface area contributed by atoms with E-state index in [9.17, 15) is 13.2 Å². The number of nitrogens with one attached hydrogen (secondary N) is 1. The molecule has 24 heavy (non-hydrogen) atoms. The second kappa shape index (κ2) is 6.76. The molecule has 1 N–H and O–H groups in total. The lowest BCUT2D eigenvalue weighted by molar-refractivity contribution is 0.104. The number of rotatable bonds is 5. The van der Waals surface area contributed by atoms with Gasteiger partial charge in [0.05, 0.1) is 15.5 Å². The molecule has 0 aliphatic carbocycles. The first-order chi connectivity index (χ1) is 11.5. The number of ketones is 1. The Morgan fingerprint density at radius 3 is 2.33 bits per heavy atom. The van der Waals surface area contributed by atoms with Crippen LogP contribution in [-0.2, 0) is 10.0 Å². The fraction of sp³-hybridized carbons (Fsp3) is 0. The molecule has 0 atom stereocenters. The van der Waals surface area contributed by atoms with Crippen LogP contribution in [0.5, 0.6) is 0 Å². The highest BCUT2D eigenvalue weighted by atomic mass is 35.5. The summed E-state index contributed by atoms with van der Waals surface area (Å²) < 4.78 is 27.5. The van der Waals surface area contributed by atoms with Crippen molar-refractivity contribution in [3.05, 3.63) is 81.5 Å². The van der Waals surface area contributed by atoms with Crippen molar-refractivity contribution in [3.8, 4) is 0 Å². The van der Waals surface area contributed by atoms with Crippen LogP contribution in [-0.4, -0.2) is 14.2 Å². The summed E-state index contributed by atoms with van der Waals surface area (Å²) in [7, 11) is -3.81. The molecule has 0 unspecified atom stereocenters. The summed E-state index contributed by atoms with van der Waals surface area (Å²) in [6.07, 6.45) is 0. The van der Waals surface area contributed by atoms with Crippen molar-refractivity contribution in [3.63, 3.8) is 0 Å². The number of carbonyl (C=O) groups excluding carboxylic acids is 1. The standard InChI is InChI=1S/C17H12ClNO3S2/c18-12-7-9-13(10-8-12)24(21,22)19-15-5-2-1-4-14(15)17(20)16-6-3-11-23-16/h1-11,19H. The van der Waals surface area contributed by atoms with Crippen molar-refractivity contribution in [2.24, 2.45) is 0 Å². The van der Waals surface area contributed by atoms with Gasteiger partial charge in [-0.25, -0.2) is 8.42 Å². The number of carbonyl (C=O) groups is 1. The van der Waals surface area contributed by atoms with E-state index in [4.69, 9.17) is 11.6 Å². The van der Waals surface area contributed by atoms with Crippen LogP contribution >= 0.6 is 22.9 Å². The minimum absolute atomic E-state index is 0.0743. The molecule has 7 heteroatoms. The van der Waals surface area contributed by atoms with E-state index >= 15 is 0 Å². The first-order valence-corrected chi connectivity index (χ1v) is 9.67. The van der Waals surface area contributed by atoms with Gasteiger partial charge >= 0.3 is 0 Å². The van der Waals surface area contributed by atoms with Gasteiger partial charge < -0.3 is 0 Å². The average Bonchev–Trinajstić information content (AvgIpc) is 3.09. The van der Waals surface area contributed by atoms with E-state index in [1.54, 1.807) is 41.8 Å². The fourth-order valence-corrected chi connectivity index (χ4v) is 4.01. The van der Waals surface area contributed by atoms with Gasteiger partial charge in [0.2, 0.25) is 5.78 Å². The molecular formula is C17H12ClNO3S2. The summed E-state index contributed by atoms with van der Waals surface area (Å²) in [6.45, 7) is 0. The summed E-state index contributed by atoms with van der Waals surface area (Å²) in [5, 5.41) is 2.25. The van der Waals surface area contributed by atoms with Crippen LogP contribution < -0.4 is 4.72 Å². The molecule has 0 aliphatic heterocycles. The van der Waals surface area contributed by atoms with E-state index < -0.39 is 10.0 Å². The molecule has 122 valence electrons. The normalized spacial score (nSPS) is 11.2. The number of hydrogen-bond donors (Lipinski definition) is 1. The van der Waals surface area contributed by atoms with Crippen molar-refractivity contribution < 1.29 is 13.2 Å². The molecule has 1 aromatic heterocycles. The predicted octanol–water partition coefficient (Wildman–Crippen LogP) is 4.43. The van der Waals surface area contributed by atoms with Gasteiger partial charge in [-0.15, -0.1) is 11.3 Å². The minimum atomic E-state index is -3.81. The molecule has 0 bridgehead atoms. The van der Waals surface area contributed by atoms with Gasteiger partial charge in [-0.1, -0.05) is 29.8 Å². The third-order valence-corrected chi connectivity index (χ3v) is 5.79.